The predicted molar refractivity (Wildman–Crippen MR) is 121 cm³/mol. The lowest BCUT2D eigenvalue weighted by Crippen LogP contribution is -2.49. The molecule has 0 fully saturated rings. The number of carbonyl (C=O) groups is 3. The Labute approximate surface area is 192 Å². The van der Waals surface area contributed by atoms with Crippen molar-refractivity contribution in [2.24, 2.45) is 0 Å². The van der Waals surface area contributed by atoms with E-state index in [0.717, 1.165) is 12.8 Å². The predicted octanol–water partition coefficient (Wildman–Crippen LogP) is 1.07. The van der Waals surface area contributed by atoms with Crippen LogP contribution in [-0.2, 0) is 31.8 Å². The quantitative estimate of drug-likeness (QED) is 0.226. The van der Waals surface area contributed by atoms with Crippen LogP contribution < -0.4 is 20.5 Å². The Morgan fingerprint density at radius 2 is 1.64 bits per heavy atom. The van der Waals surface area contributed by atoms with E-state index in [1.165, 1.54) is 36.8 Å². The van der Waals surface area contributed by atoms with E-state index in [1.54, 1.807) is 0 Å². The molecule has 0 heterocycles. The van der Waals surface area contributed by atoms with Gasteiger partial charge in [-0.05, 0) is 36.1 Å². The molecule has 11 heteroatoms. The zero-order valence-electron chi connectivity index (χ0n) is 18.2. The Kier molecular flexibility index (Phi) is 10.1. The Balaban J connectivity index is 1.81. The molecule has 33 heavy (non-hydrogen) atoms. The molecule has 1 atom stereocenters. The number of carbonyl (C=O) groups excluding carboxylic acids is 3. The van der Waals surface area contributed by atoms with Crippen LogP contribution in [0.3, 0.4) is 0 Å². The summed E-state index contributed by atoms with van der Waals surface area (Å²) in [6.07, 6.45) is 1.70. The summed E-state index contributed by atoms with van der Waals surface area (Å²) in [5.41, 5.74) is 1.80. The van der Waals surface area contributed by atoms with Gasteiger partial charge in [-0.3, -0.25) is 24.2 Å². The SMILES string of the molecule is CC(=O)N[C@@H](Cc1ccc(OP(=O)(O)O)cc1)C(=O)NCC(=O)NCCCc1ccccc1. The Morgan fingerprint density at radius 3 is 2.24 bits per heavy atom. The first-order valence-electron chi connectivity index (χ1n) is 10.3. The van der Waals surface area contributed by atoms with E-state index in [-0.39, 0.29) is 24.6 Å². The maximum absolute atomic E-state index is 12.5. The highest BCUT2D eigenvalue weighted by atomic mass is 31.2. The van der Waals surface area contributed by atoms with E-state index in [0.29, 0.717) is 12.1 Å². The molecular formula is C22H28N3O7P. The fraction of sp³-hybridized carbons (Fsp3) is 0.318. The number of benzene rings is 2. The van der Waals surface area contributed by atoms with Crippen molar-refractivity contribution in [3.8, 4) is 5.75 Å². The fourth-order valence-electron chi connectivity index (χ4n) is 3.03. The molecule has 0 aliphatic rings. The van der Waals surface area contributed by atoms with Gasteiger partial charge in [0.25, 0.3) is 0 Å². The Hall–Kier alpha value is -3.20. The molecule has 0 bridgehead atoms. The maximum atomic E-state index is 12.5. The number of phosphoric ester groups is 1. The molecule has 3 amide bonds. The molecule has 0 aliphatic heterocycles. The first-order chi connectivity index (χ1) is 15.6. The van der Waals surface area contributed by atoms with Crippen LogP contribution in [-0.4, -0.2) is 46.6 Å². The topological polar surface area (TPSA) is 154 Å². The second kappa shape index (κ2) is 12.7. The normalized spacial score (nSPS) is 11.8. The van der Waals surface area contributed by atoms with Gasteiger partial charge in [0.15, 0.2) is 0 Å². The van der Waals surface area contributed by atoms with E-state index in [1.807, 2.05) is 30.3 Å². The zero-order valence-corrected chi connectivity index (χ0v) is 19.1. The summed E-state index contributed by atoms with van der Waals surface area (Å²) >= 11 is 0. The summed E-state index contributed by atoms with van der Waals surface area (Å²) in [7, 11) is -4.67. The largest absolute Gasteiger partial charge is 0.524 e. The first kappa shape index (κ1) is 26.1. The van der Waals surface area contributed by atoms with E-state index in [4.69, 9.17) is 9.79 Å². The van der Waals surface area contributed by atoms with Crippen LogP contribution in [0.4, 0.5) is 0 Å². The van der Waals surface area contributed by atoms with Gasteiger partial charge in [0.1, 0.15) is 11.8 Å². The molecule has 2 rings (SSSR count). The number of hydrogen-bond acceptors (Lipinski definition) is 5. The summed E-state index contributed by atoms with van der Waals surface area (Å²) < 4.78 is 15.4. The number of hydrogen-bond donors (Lipinski definition) is 5. The minimum Gasteiger partial charge on any atom is -0.404 e. The molecule has 10 nitrogen and oxygen atoms in total. The fourth-order valence-corrected chi connectivity index (χ4v) is 3.43. The molecule has 0 saturated heterocycles. The third-order valence-corrected chi connectivity index (χ3v) is 4.96. The van der Waals surface area contributed by atoms with Crippen molar-refractivity contribution in [2.75, 3.05) is 13.1 Å². The molecule has 0 saturated carbocycles. The van der Waals surface area contributed by atoms with Gasteiger partial charge < -0.3 is 20.5 Å². The van der Waals surface area contributed by atoms with Gasteiger partial charge >= 0.3 is 7.82 Å². The molecule has 2 aromatic rings. The smallest absolute Gasteiger partial charge is 0.404 e. The highest BCUT2D eigenvalue weighted by Crippen LogP contribution is 2.37. The highest BCUT2D eigenvalue weighted by Gasteiger charge is 2.21. The second-order valence-electron chi connectivity index (χ2n) is 7.34. The van der Waals surface area contributed by atoms with Crippen LogP contribution in [0.15, 0.2) is 54.6 Å². The summed E-state index contributed by atoms with van der Waals surface area (Å²) in [4.78, 5) is 53.7. The summed E-state index contributed by atoms with van der Waals surface area (Å²) in [5, 5.41) is 7.80. The van der Waals surface area contributed by atoms with Crippen LogP contribution in [0.25, 0.3) is 0 Å². The molecule has 178 valence electrons. The minimum absolute atomic E-state index is 0.0310. The molecule has 0 aromatic heterocycles. The zero-order chi connectivity index (χ0) is 24.3. The summed E-state index contributed by atoms with van der Waals surface area (Å²) in [6.45, 7) is 1.52. The van der Waals surface area contributed by atoms with Crippen LogP contribution >= 0.6 is 7.82 Å². The van der Waals surface area contributed by atoms with Crippen molar-refractivity contribution in [3.63, 3.8) is 0 Å². The summed E-state index contributed by atoms with van der Waals surface area (Å²) in [5.74, 6) is -1.31. The third kappa shape index (κ3) is 10.8. The molecule has 5 N–H and O–H groups in total. The van der Waals surface area contributed by atoms with Crippen molar-refractivity contribution in [2.45, 2.75) is 32.2 Å². The molecule has 0 unspecified atom stereocenters. The van der Waals surface area contributed by atoms with Crippen LogP contribution in [0.5, 0.6) is 5.75 Å². The lowest BCUT2D eigenvalue weighted by atomic mass is 10.0. The first-order valence-corrected chi connectivity index (χ1v) is 11.8. The monoisotopic (exact) mass is 477 g/mol. The van der Waals surface area contributed by atoms with Gasteiger partial charge in [0.05, 0.1) is 6.54 Å². The molecule has 0 radical (unpaired) electrons. The van der Waals surface area contributed by atoms with Gasteiger partial charge in [0.2, 0.25) is 17.7 Å². The van der Waals surface area contributed by atoms with Crippen LogP contribution in [0, 0.1) is 0 Å². The van der Waals surface area contributed by atoms with Gasteiger partial charge in [0, 0.05) is 19.9 Å². The molecule has 0 aliphatic carbocycles. The maximum Gasteiger partial charge on any atom is 0.524 e. The number of phosphoric acid groups is 1. The number of rotatable bonds is 12. The van der Waals surface area contributed by atoms with Crippen molar-refractivity contribution < 1.29 is 33.3 Å². The lowest BCUT2D eigenvalue weighted by molar-refractivity contribution is -0.129. The average Bonchev–Trinajstić information content (AvgIpc) is 2.75. The molecule has 2 aromatic carbocycles. The van der Waals surface area contributed by atoms with Gasteiger partial charge in [-0.2, -0.15) is 0 Å². The van der Waals surface area contributed by atoms with E-state index in [9.17, 15) is 18.9 Å². The van der Waals surface area contributed by atoms with Crippen molar-refractivity contribution in [1.29, 1.82) is 0 Å². The number of nitrogens with one attached hydrogen (secondary N) is 3. The standard InChI is InChI=1S/C22H28N3O7P/c1-16(26)25-20(14-18-9-11-19(12-10-18)32-33(29,30)31)22(28)24-15-21(27)23-13-5-8-17-6-3-2-4-7-17/h2-4,6-7,9-12,20H,5,8,13-15H2,1H3,(H,23,27)(H,24,28)(H,25,26)(H2,29,30,31)/t20-/m0/s1. The molecular weight excluding hydrogens is 449 g/mol. The van der Waals surface area contributed by atoms with Gasteiger partial charge in [-0.15, -0.1) is 0 Å². The second-order valence-corrected chi connectivity index (χ2v) is 8.50. The number of aryl methyl sites for hydroxylation is 1. The Bertz CT molecular complexity index is 977. The van der Waals surface area contributed by atoms with Crippen LogP contribution in [0.2, 0.25) is 0 Å². The summed E-state index contributed by atoms with van der Waals surface area (Å²) in [6, 6.07) is 14.7. The lowest BCUT2D eigenvalue weighted by Gasteiger charge is -2.18. The van der Waals surface area contributed by atoms with Crippen molar-refractivity contribution >= 4 is 25.5 Å². The molecule has 0 spiro atoms. The minimum atomic E-state index is -4.67. The van der Waals surface area contributed by atoms with Crippen molar-refractivity contribution in [1.82, 2.24) is 16.0 Å². The number of amides is 3. The Morgan fingerprint density at radius 1 is 0.970 bits per heavy atom. The van der Waals surface area contributed by atoms with Crippen molar-refractivity contribution in [3.05, 3.63) is 65.7 Å². The average molecular weight is 477 g/mol. The van der Waals surface area contributed by atoms with E-state index >= 15 is 0 Å². The van der Waals surface area contributed by atoms with E-state index < -0.39 is 25.7 Å². The van der Waals surface area contributed by atoms with Crippen LogP contribution in [0.1, 0.15) is 24.5 Å². The third-order valence-electron chi connectivity index (χ3n) is 4.51. The van der Waals surface area contributed by atoms with E-state index in [2.05, 4.69) is 20.5 Å². The van der Waals surface area contributed by atoms with Gasteiger partial charge in [-0.1, -0.05) is 42.5 Å². The highest BCUT2D eigenvalue weighted by molar-refractivity contribution is 7.46. The van der Waals surface area contributed by atoms with Gasteiger partial charge in [-0.25, -0.2) is 4.57 Å².